The van der Waals surface area contributed by atoms with Gasteiger partial charge in [0.05, 0.1) is 26.1 Å². The predicted molar refractivity (Wildman–Crippen MR) is 339 cm³/mol. The van der Waals surface area contributed by atoms with Crippen LogP contribution in [0.25, 0.3) is 0 Å². The molecule has 22 nitrogen and oxygen atoms in total. The van der Waals surface area contributed by atoms with Gasteiger partial charge in [0.1, 0.15) is 48.4 Å². The van der Waals surface area contributed by atoms with Gasteiger partial charge in [-0.15, -0.1) is 0 Å². The van der Waals surface area contributed by atoms with Crippen LogP contribution in [0.4, 0.5) is 0 Å². The second kappa shape index (κ2) is 47.6. The van der Waals surface area contributed by atoms with E-state index in [2.05, 4.69) is 44.1 Å². The van der Waals surface area contributed by atoms with Crippen molar-refractivity contribution >= 4 is 59.3 Å². The second-order valence-electron chi connectivity index (χ2n) is 26.2. The fraction of sp³-hybridized carbons (Fsp3) is 0.848. The van der Waals surface area contributed by atoms with E-state index in [-0.39, 0.29) is 95.0 Å². The van der Waals surface area contributed by atoms with Gasteiger partial charge in [-0.25, -0.2) is 4.79 Å². The third-order valence-electron chi connectivity index (χ3n) is 15.3. The molecule has 1 saturated heterocycles. The lowest BCUT2D eigenvalue weighted by Crippen LogP contribution is -2.61. The van der Waals surface area contributed by atoms with Gasteiger partial charge in [0.25, 0.3) is 0 Å². The van der Waals surface area contributed by atoms with Gasteiger partial charge in [0, 0.05) is 19.6 Å². The smallest absolute Gasteiger partial charge is 0.328 e. The molecule has 4 unspecified atom stereocenters. The average Bonchev–Trinajstić information content (AvgIpc) is 3.48. The maximum absolute atomic E-state index is 14.6. The fourth-order valence-electron chi connectivity index (χ4n) is 10.4. The number of nitrogens with one attached hydrogen (secondary N) is 7. The van der Waals surface area contributed by atoms with E-state index in [4.69, 9.17) is 19.3 Å². The van der Waals surface area contributed by atoms with E-state index in [1.807, 2.05) is 55.4 Å². The zero-order chi connectivity index (χ0) is 66.0. The number of carbonyl (C=O) groups excluding carboxylic acids is 10. The molecule has 0 spiro atoms. The van der Waals surface area contributed by atoms with E-state index >= 15 is 0 Å². The fourth-order valence-corrected chi connectivity index (χ4v) is 10.4. The number of aliphatic hydroxyl groups is 2. The van der Waals surface area contributed by atoms with Crippen LogP contribution in [-0.2, 0) is 62.2 Å². The van der Waals surface area contributed by atoms with Gasteiger partial charge in [-0.2, -0.15) is 0 Å². The molecular formula is C66H119N7O15. The molecule has 1 aliphatic heterocycles. The first-order valence-corrected chi connectivity index (χ1v) is 33.7. The van der Waals surface area contributed by atoms with Crippen molar-refractivity contribution in [2.75, 3.05) is 26.4 Å². The monoisotopic (exact) mass is 1250 g/mol. The molecule has 0 bridgehead atoms. The molecule has 0 saturated carbocycles. The molecule has 508 valence electrons. The Balaban J connectivity index is 4.05. The molecule has 0 radical (unpaired) electrons. The number of carbonyl (C=O) groups is 10. The molecule has 1 heterocycles. The average molecular weight is 1250 g/mol. The van der Waals surface area contributed by atoms with Crippen LogP contribution in [0, 0.1) is 29.6 Å². The highest BCUT2D eigenvalue weighted by Gasteiger charge is 2.38. The molecular weight excluding hydrogens is 1130 g/mol. The lowest BCUT2D eigenvalue weighted by molar-refractivity contribution is -0.155. The van der Waals surface area contributed by atoms with Crippen LogP contribution >= 0.6 is 0 Å². The molecule has 0 aromatic heterocycles. The zero-order valence-corrected chi connectivity index (χ0v) is 55.8. The van der Waals surface area contributed by atoms with Crippen LogP contribution in [0.1, 0.15) is 256 Å². The number of amides is 7. The van der Waals surface area contributed by atoms with Crippen LogP contribution < -0.4 is 37.2 Å². The summed E-state index contributed by atoms with van der Waals surface area (Å²) in [6, 6.07) is -9.44. The number of cyclic esters (lactones) is 1. The number of esters is 3. The molecule has 1 aliphatic rings. The van der Waals surface area contributed by atoms with Gasteiger partial charge in [-0.1, -0.05) is 153 Å². The predicted octanol–water partition coefficient (Wildman–Crippen LogP) is 7.60. The number of hydrogen-bond acceptors (Lipinski definition) is 15. The summed E-state index contributed by atoms with van der Waals surface area (Å²) in [6.07, 6.45) is 14.6. The summed E-state index contributed by atoms with van der Waals surface area (Å²) in [6.45, 7) is 20.4. The first kappa shape index (κ1) is 80.6. The highest BCUT2D eigenvalue weighted by molar-refractivity contribution is 5.98. The Kier molecular flexibility index (Phi) is 43.6. The van der Waals surface area contributed by atoms with Crippen molar-refractivity contribution in [2.24, 2.45) is 29.6 Å². The molecule has 1 rings (SSSR count). The van der Waals surface area contributed by atoms with Crippen molar-refractivity contribution in [1.82, 2.24) is 37.2 Å². The largest absolute Gasteiger partial charge is 0.466 e. The molecule has 88 heavy (non-hydrogen) atoms. The Hall–Kier alpha value is -5.38. The van der Waals surface area contributed by atoms with Crippen LogP contribution in [0.2, 0.25) is 0 Å². The van der Waals surface area contributed by atoms with Crippen LogP contribution in [-0.4, -0.2) is 144 Å². The number of unbranched alkanes of at least 4 members (excludes halogenated alkanes) is 16. The zero-order valence-electron chi connectivity index (χ0n) is 55.8. The highest BCUT2D eigenvalue weighted by Crippen LogP contribution is 2.20. The van der Waals surface area contributed by atoms with Crippen molar-refractivity contribution in [2.45, 2.75) is 304 Å². The Morgan fingerprint density at radius 1 is 0.432 bits per heavy atom. The minimum atomic E-state index is -1.63. The Morgan fingerprint density at radius 2 is 0.807 bits per heavy atom. The minimum absolute atomic E-state index is 0.00365. The van der Waals surface area contributed by atoms with Gasteiger partial charge >= 0.3 is 17.9 Å². The van der Waals surface area contributed by atoms with Gasteiger partial charge < -0.3 is 61.6 Å². The number of ether oxygens (including phenoxy) is 3. The number of hydrogen-bond donors (Lipinski definition) is 9. The van der Waals surface area contributed by atoms with Crippen molar-refractivity contribution in [3.05, 3.63) is 0 Å². The highest BCUT2D eigenvalue weighted by atomic mass is 16.5. The van der Waals surface area contributed by atoms with E-state index in [1.165, 1.54) is 32.1 Å². The maximum atomic E-state index is 14.6. The summed E-state index contributed by atoms with van der Waals surface area (Å²) >= 11 is 0. The van der Waals surface area contributed by atoms with E-state index < -0.39 is 126 Å². The summed E-state index contributed by atoms with van der Waals surface area (Å²) in [7, 11) is 0. The van der Waals surface area contributed by atoms with Crippen LogP contribution in [0.15, 0.2) is 0 Å². The van der Waals surface area contributed by atoms with E-state index in [0.29, 0.717) is 44.9 Å². The third-order valence-corrected chi connectivity index (χ3v) is 15.3. The number of rotatable bonds is 38. The molecule has 7 amide bonds. The molecule has 0 aromatic rings. The molecule has 1 fully saturated rings. The lowest BCUT2D eigenvalue weighted by atomic mass is 9.98. The molecule has 0 aliphatic carbocycles. The van der Waals surface area contributed by atoms with Crippen molar-refractivity contribution in [3.8, 4) is 0 Å². The Bertz CT molecular complexity index is 2050. The summed E-state index contributed by atoms with van der Waals surface area (Å²) in [5.74, 6) is -9.14. The third kappa shape index (κ3) is 37.6. The van der Waals surface area contributed by atoms with Gasteiger partial charge in [0.2, 0.25) is 41.4 Å². The van der Waals surface area contributed by atoms with E-state index in [9.17, 15) is 53.1 Å². The normalized spacial score (nSPS) is 21.8. The summed E-state index contributed by atoms with van der Waals surface area (Å²) in [5, 5.41) is 37.6. The van der Waals surface area contributed by atoms with Crippen molar-refractivity contribution < 1.29 is 72.4 Å². The molecule has 9 N–H and O–H groups in total. The summed E-state index contributed by atoms with van der Waals surface area (Å²) in [5.41, 5.74) is 0. The topological polar surface area (TPSA) is 323 Å². The van der Waals surface area contributed by atoms with Crippen molar-refractivity contribution in [1.29, 1.82) is 0 Å². The van der Waals surface area contributed by atoms with Crippen LogP contribution in [0.3, 0.4) is 0 Å². The Morgan fingerprint density at radius 3 is 1.26 bits per heavy atom. The first-order valence-electron chi connectivity index (χ1n) is 33.7. The van der Waals surface area contributed by atoms with Crippen molar-refractivity contribution in [3.63, 3.8) is 0 Å². The standard InChI is InChI=1S/C66H119N7O15/c1-12-13-14-15-16-17-18-19-20-21-26-31-49-42-56(76)67-50(32-33-57(77)86-36-29-24-22-27-34-74)60(79)68-51(38-44(2)3)61(80)70-53(40-46(6)7)64(83)73-59(48(10)11)65(84)71-54(43-58(78)87-37-30-25-23-28-35-75)63(82)69-52(39-45(4)5)62(81)72-55(41-47(8)9)66(85)88-49/h44-55,59,74-75H,12-43H2,1-11H3,(H,67,76)(H,68,79)(H,69,82)(H,70,80)(H,71,84)(H,72,81)(H,73,83)/t49?,50-,51?,52+,53+,54?,55?,59-/m0/s1. The second-order valence-corrected chi connectivity index (χ2v) is 26.2. The maximum Gasteiger partial charge on any atom is 0.328 e. The molecule has 0 aromatic carbocycles. The molecule has 8 atom stereocenters. The quantitative estimate of drug-likeness (QED) is 0.0163. The van der Waals surface area contributed by atoms with Crippen LogP contribution in [0.5, 0.6) is 0 Å². The van der Waals surface area contributed by atoms with Gasteiger partial charge in [-0.05, 0) is 113 Å². The first-order chi connectivity index (χ1) is 41.8. The van der Waals surface area contributed by atoms with E-state index in [1.54, 1.807) is 13.8 Å². The summed E-state index contributed by atoms with van der Waals surface area (Å²) in [4.78, 5) is 143. The Labute approximate surface area is 527 Å². The lowest BCUT2D eigenvalue weighted by Gasteiger charge is -2.30. The van der Waals surface area contributed by atoms with Gasteiger partial charge in [0.15, 0.2) is 0 Å². The molecule has 22 heteroatoms. The van der Waals surface area contributed by atoms with Gasteiger partial charge in [-0.3, -0.25) is 43.2 Å². The minimum Gasteiger partial charge on any atom is -0.466 e. The SMILES string of the molecule is CCCCCCCCCCCCCC1CC(=O)N[C@@H](CCC(=O)OCCCCCCO)C(=O)NC(CC(C)C)C(=O)N[C@H](CC(C)C)C(=O)N[C@@H](C(C)C)C(=O)NC(CC(=O)OCCCCCCO)C(=O)N[C@H](CC(C)C)C(=O)NC(CC(C)C)C(=O)O1. The van der Waals surface area contributed by atoms with E-state index in [0.717, 1.165) is 44.9 Å². The summed E-state index contributed by atoms with van der Waals surface area (Å²) < 4.78 is 17.2. The number of aliphatic hydroxyl groups excluding tert-OH is 2.